The molecule has 1 aliphatic rings. The molecule has 0 aromatic heterocycles. The number of aliphatic carboxylic acids is 1. The molecule has 1 aliphatic heterocycles. The minimum Gasteiger partial charge on any atom is -0.478 e. The number of nitrogens with zero attached hydrogens (tertiary/aromatic N) is 1. The number of carboxylic acids is 1. The smallest absolute Gasteiger partial charge is 0.330 e. The number of nitrogens with one attached hydrogen (secondary N) is 1. The molecule has 1 rings (SSSR count). The Morgan fingerprint density at radius 3 is 2.71 bits per heavy atom. The fraction of sp³-hybridized carbons (Fsp3) is 0.769. The third kappa shape index (κ3) is 5.84. The molecule has 1 unspecified atom stereocenters. The Hall–Kier alpha value is -0.870. The van der Waals surface area contributed by atoms with E-state index in [1.165, 1.54) is 25.9 Å². The molecule has 98 valence electrons. The zero-order valence-electron chi connectivity index (χ0n) is 10.9. The summed E-state index contributed by atoms with van der Waals surface area (Å²) in [4.78, 5) is 13.1. The molecule has 0 radical (unpaired) electrons. The van der Waals surface area contributed by atoms with E-state index in [2.05, 4.69) is 17.1 Å². The molecule has 0 saturated carbocycles. The third-order valence-electron chi connectivity index (χ3n) is 3.15. The molecule has 1 saturated heterocycles. The lowest BCUT2D eigenvalue weighted by Gasteiger charge is -2.20. The summed E-state index contributed by atoms with van der Waals surface area (Å²) < 4.78 is 0. The number of carbonyl (C=O) groups is 1. The van der Waals surface area contributed by atoms with Gasteiger partial charge in [-0.15, -0.1) is 0 Å². The van der Waals surface area contributed by atoms with E-state index in [-0.39, 0.29) is 0 Å². The molecule has 1 atom stereocenters. The number of hydrogen-bond donors (Lipinski definition) is 2. The summed E-state index contributed by atoms with van der Waals surface area (Å²) in [6, 6.07) is 0. The van der Waals surface area contributed by atoms with Crippen LogP contribution in [0.5, 0.6) is 0 Å². The molecule has 4 nitrogen and oxygen atoms in total. The van der Waals surface area contributed by atoms with Gasteiger partial charge in [-0.3, -0.25) is 0 Å². The quantitative estimate of drug-likeness (QED) is 0.521. The van der Waals surface area contributed by atoms with E-state index in [9.17, 15) is 4.79 Å². The van der Waals surface area contributed by atoms with Gasteiger partial charge >= 0.3 is 5.97 Å². The third-order valence-corrected chi connectivity index (χ3v) is 3.15. The van der Waals surface area contributed by atoms with Gasteiger partial charge in [-0.05, 0) is 45.3 Å². The van der Waals surface area contributed by atoms with E-state index >= 15 is 0 Å². The lowest BCUT2D eigenvalue weighted by Crippen LogP contribution is -2.31. The maximum Gasteiger partial charge on any atom is 0.330 e. The molecular weight excluding hydrogens is 216 g/mol. The summed E-state index contributed by atoms with van der Waals surface area (Å²) in [5.41, 5.74) is 0.407. The van der Waals surface area contributed by atoms with Gasteiger partial charge in [-0.25, -0.2) is 4.79 Å². The molecule has 1 heterocycles. The molecule has 17 heavy (non-hydrogen) atoms. The summed E-state index contributed by atoms with van der Waals surface area (Å²) in [6.45, 7) is 9.07. The standard InChI is InChI=1S/C13H24N2O2/c1-11(10-15-7-3-4-8-15)9-14-6-5-12(2)13(16)17/h5,11,14H,3-4,6-10H2,1-2H3,(H,16,17)/b12-5-. The first-order valence-electron chi connectivity index (χ1n) is 6.42. The van der Waals surface area contributed by atoms with Crippen LogP contribution in [-0.4, -0.2) is 48.7 Å². The summed E-state index contributed by atoms with van der Waals surface area (Å²) in [5, 5.41) is 12.0. The van der Waals surface area contributed by atoms with Gasteiger partial charge in [-0.1, -0.05) is 13.0 Å². The number of likely N-dealkylation sites (tertiary alicyclic amines) is 1. The van der Waals surface area contributed by atoms with Crippen LogP contribution in [0.15, 0.2) is 11.6 Å². The lowest BCUT2D eigenvalue weighted by molar-refractivity contribution is -0.132. The predicted octanol–water partition coefficient (Wildman–Crippen LogP) is 1.34. The first-order chi connectivity index (χ1) is 8.09. The highest BCUT2D eigenvalue weighted by Gasteiger charge is 2.13. The highest BCUT2D eigenvalue weighted by molar-refractivity contribution is 5.85. The van der Waals surface area contributed by atoms with E-state index < -0.39 is 5.97 Å². The van der Waals surface area contributed by atoms with Crippen LogP contribution in [-0.2, 0) is 4.79 Å². The Labute approximate surface area is 104 Å². The van der Waals surface area contributed by atoms with Crippen molar-refractivity contribution in [3.05, 3.63) is 11.6 Å². The Morgan fingerprint density at radius 2 is 2.12 bits per heavy atom. The summed E-state index contributed by atoms with van der Waals surface area (Å²) in [7, 11) is 0. The Kier molecular flexibility index (Phi) is 6.22. The minimum absolute atomic E-state index is 0.407. The number of hydrogen-bond acceptors (Lipinski definition) is 3. The topological polar surface area (TPSA) is 52.6 Å². The summed E-state index contributed by atoms with van der Waals surface area (Å²) >= 11 is 0. The van der Waals surface area contributed by atoms with Crippen molar-refractivity contribution in [2.75, 3.05) is 32.7 Å². The molecule has 2 N–H and O–H groups in total. The molecule has 4 heteroatoms. The molecule has 0 aliphatic carbocycles. The molecule has 0 spiro atoms. The number of carboxylic acid groups (broad SMARTS) is 1. The second-order valence-electron chi connectivity index (χ2n) is 4.96. The van der Waals surface area contributed by atoms with Crippen LogP contribution in [0.2, 0.25) is 0 Å². The summed E-state index contributed by atoms with van der Waals surface area (Å²) in [6.07, 6.45) is 4.40. The zero-order valence-corrected chi connectivity index (χ0v) is 10.9. The van der Waals surface area contributed by atoms with Crippen LogP contribution in [0.3, 0.4) is 0 Å². The maximum atomic E-state index is 10.6. The average molecular weight is 240 g/mol. The first kappa shape index (κ1) is 14.2. The molecule has 0 aromatic carbocycles. The van der Waals surface area contributed by atoms with E-state index in [0.717, 1.165) is 13.1 Å². The van der Waals surface area contributed by atoms with Crippen LogP contribution in [0.1, 0.15) is 26.7 Å². The van der Waals surface area contributed by atoms with E-state index in [1.54, 1.807) is 13.0 Å². The van der Waals surface area contributed by atoms with Crippen molar-refractivity contribution in [2.24, 2.45) is 5.92 Å². The van der Waals surface area contributed by atoms with E-state index in [1.807, 2.05) is 0 Å². The van der Waals surface area contributed by atoms with Gasteiger partial charge in [0.25, 0.3) is 0 Å². The Balaban J connectivity index is 2.09. The Morgan fingerprint density at radius 1 is 1.47 bits per heavy atom. The maximum absolute atomic E-state index is 10.6. The lowest BCUT2D eigenvalue weighted by atomic mass is 10.1. The van der Waals surface area contributed by atoms with Gasteiger partial charge < -0.3 is 15.3 Å². The molecular formula is C13H24N2O2. The van der Waals surface area contributed by atoms with Gasteiger partial charge in [0.1, 0.15) is 0 Å². The van der Waals surface area contributed by atoms with Crippen LogP contribution in [0.25, 0.3) is 0 Å². The second kappa shape index (κ2) is 7.45. The first-order valence-corrected chi connectivity index (χ1v) is 6.42. The minimum atomic E-state index is -0.836. The Bertz CT molecular complexity index is 271. The van der Waals surface area contributed by atoms with E-state index in [4.69, 9.17) is 5.11 Å². The van der Waals surface area contributed by atoms with Gasteiger partial charge in [0.05, 0.1) is 0 Å². The largest absolute Gasteiger partial charge is 0.478 e. The highest BCUT2D eigenvalue weighted by atomic mass is 16.4. The van der Waals surface area contributed by atoms with Crippen molar-refractivity contribution < 1.29 is 9.90 Å². The van der Waals surface area contributed by atoms with Crippen molar-refractivity contribution in [3.63, 3.8) is 0 Å². The van der Waals surface area contributed by atoms with Crippen LogP contribution in [0, 0.1) is 5.92 Å². The molecule has 0 aromatic rings. The zero-order chi connectivity index (χ0) is 12.7. The van der Waals surface area contributed by atoms with Crippen LogP contribution < -0.4 is 5.32 Å². The van der Waals surface area contributed by atoms with Gasteiger partial charge in [-0.2, -0.15) is 0 Å². The van der Waals surface area contributed by atoms with Crippen molar-refractivity contribution in [2.45, 2.75) is 26.7 Å². The second-order valence-corrected chi connectivity index (χ2v) is 4.96. The van der Waals surface area contributed by atoms with Crippen molar-refractivity contribution in [3.8, 4) is 0 Å². The normalized spacial score (nSPS) is 19.5. The van der Waals surface area contributed by atoms with Gasteiger partial charge in [0.15, 0.2) is 0 Å². The fourth-order valence-corrected chi connectivity index (χ4v) is 2.11. The number of rotatable bonds is 7. The molecule has 1 fully saturated rings. The summed E-state index contributed by atoms with van der Waals surface area (Å²) in [5.74, 6) is -0.219. The molecule has 0 bridgehead atoms. The molecule has 0 amide bonds. The van der Waals surface area contributed by atoms with Gasteiger partial charge in [0.2, 0.25) is 0 Å². The van der Waals surface area contributed by atoms with E-state index in [0.29, 0.717) is 18.0 Å². The SMILES string of the molecule is C/C(=C/CNCC(C)CN1CCCC1)C(=O)O. The van der Waals surface area contributed by atoms with Crippen molar-refractivity contribution in [1.29, 1.82) is 0 Å². The average Bonchev–Trinajstić information content (AvgIpc) is 2.76. The van der Waals surface area contributed by atoms with Crippen LogP contribution in [0.4, 0.5) is 0 Å². The fourth-order valence-electron chi connectivity index (χ4n) is 2.11. The van der Waals surface area contributed by atoms with Crippen molar-refractivity contribution >= 4 is 5.97 Å². The monoisotopic (exact) mass is 240 g/mol. The highest BCUT2D eigenvalue weighted by Crippen LogP contribution is 2.09. The van der Waals surface area contributed by atoms with Crippen molar-refractivity contribution in [1.82, 2.24) is 10.2 Å². The van der Waals surface area contributed by atoms with Gasteiger partial charge in [0, 0.05) is 18.7 Å². The van der Waals surface area contributed by atoms with Crippen LogP contribution >= 0.6 is 0 Å². The predicted molar refractivity (Wildman–Crippen MR) is 69.1 cm³/mol.